The standard InChI is InChI=1S/C23H17ClFN5O4/c1-11-20(24)13(4-5-26-11)14-6-18-22(30-10-27-28-21(14)30)29(23(31)32)7-15-16(25)2-3-17-19(15)12(8-33-17)9-34-18/h2-6,10,12H,7-9H2,1H3,(H,31,32)/t12-/m0/s1. The number of hydrogen-bond donors (Lipinski definition) is 1. The molecule has 1 aromatic carbocycles. The van der Waals surface area contributed by atoms with Gasteiger partial charge in [-0.3, -0.25) is 14.3 Å². The lowest BCUT2D eigenvalue weighted by molar-refractivity contribution is 0.200. The highest BCUT2D eigenvalue weighted by atomic mass is 35.5. The predicted octanol–water partition coefficient (Wildman–Crippen LogP) is 4.45. The van der Waals surface area contributed by atoms with Gasteiger partial charge in [0, 0.05) is 28.5 Å². The normalized spacial score (nSPS) is 16.7. The van der Waals surface area contributed by atoms with Crippen LogP contribution in [0.3, 0.4) is 0 Å². The van der Waals surface area contributed by atoms with Crippen molar-refractivity contribution in [3.8, 4) is 22.6 Å². The minimum Gasteiger partial charge on any atom is -0.493 e. The number of carboxylic acid groups (broad SMARTS) is 1. The molecule has 0 unspecified atom stereocenters. The van der Waals surface area contributed by atoms with E-state index in [0.29, 0.717) is 45.4 Å². The van der Waals surface area contributed by atoms with E-state index in [0.717, 1.165) is 4.90 Å². The van der Waals surface area contributed by atoms with Crippen LogP contribution in [0.1, 0.15) is 22.7 Å². The van der Waals surface area contributed by atoms with E-state index in [1.807, 2.05) is 0 Å². The Labute approximate surface area is 197 Å². The summed E-state index contributed by atoms with van der Waals surface area (Å²) in [4.78, 5) is 17.7. The van der Waals surface area contributed by atoms with Gasteiger partial charge in [0.1, 0.15) is 17.9 Å². The third-order valence-corrected chi connectivity index (χ3v) is 6.69. The molecule has 3 aromatic heterocycles. The molecule has 2 aliphatic rings. The number of benzene rings is 1. The van der Waals surface area contributed by atoms with Crippen LogP contribution < -0.4 is 14.4 Å². The second-order valence-electron chi connectivity index (χ2n) is 8.15. The third-order valence-electron chi connectivity index (χ3n) is 6.22. The fraction of sp³-hybridized carbons (Fsp3) is 0.217. The molecule has 34 heavy (non-hydrogen) atoms. The summed E-state index contributed by atoms with van der Waals surface area (Å²) >= 11 is 6.55. The van der Waals surface area contributed by atoms with Crippen LogP contribution in [-0.4, -0.2) is 44.0 Å². The van der Waals surface area contributed by atoms with Gasteiger partial charge in [-0.25, -0.2) is 9.18 Å². The highest BCUT2D eigenvalue weighted by Gasteiger charge is 2.35. The SMILES string of the molecule is Cc1nccc(-c2cc3c(n4cnnc24)N(C(=O)O)Cc2c(F)ccc4c2[C@@H](CO4)CO3)c1Cl. The van der Waals surface area contributed by atoms with Gasteiger partial charge in [-0.15, -0.1) is 10.2 Å². The fourth-order valence-corrected chi connectivity index (χ4v) is 4.83. The first-order valence-corrected chi connectivity index (χ1v) is 10.9. The van der Waals surface area contributed by atoms with E-state index in [4.69, 9.17) is 21.1 Å². The number of fused-ring (bicyclic) bond motifs is 3. The summed E-state index contributed by atoms with van der Waals surface area (Å²) in [5.41, 5.74) is 3.16. The monoisotopic (exact) mass is 481 g/mol. The van der Waals surface area contributed by atoms with Gasteiger partial charge in [-0.2, -0.15) is 0 Å². The van der Waals surface area contributed by atoms with Crippen molar-refractivity contribution in [1.82, 2.24) is 19.6 Å². The zero-order valence-corrected chi connectivity index (χ0v) is 18.6. The van der Waals surface area contributed by atoms with Crippen LogP contribution in [-0.2, 0) is 6.54 Å². The summed E-state index contributed by atoms with van der Waals surface area (Å²) in [7, 11) is 0. The Hall–Kier alpha value is -3.92. The van der Waals surface area contributed by atoms with Gasteiger partial charge in [0.05, 0.1) is 36.4 Å². The van der Waals surface area contributed by atoms with Gasteiger partial charge in [0.25, 0.3) is 0 Å². The lowest BCUT2D eigenvalue weighted by Crippen LogP contribution is -2.31. The van der Waals surface area contributed by atoms with E-state index >= 15 is 0 Å². The van der Waals surface area contributed by atoms with E-state index in [2.05, 4.69) is 15.2 Å². The molecule has 9 nitrogen and oxygen atoms in total. The number of halogens is 2. The molecule has 4 aromatic rings. The maximum absolute atomic E-state index is 15.0. The largest absolute Gasteiger partial charge is 0.493 e. The molecule has 2 aliphatic heterocycles. The quantitative estimate of drug-likeness (QED) is 0.428. The first-order chi connectivity index (χ1) is 16.4. The zero-order chi connectivity index (χ0) is 23.6. The summed E-state index contributed by atoms with van der Waals surface area (Å²) < 4.78 is 28.4. The summed E-state index contributed by atoms with van der Waals surface area (Å²) in [5.74, 6) is 0.233. The number of hydrogen-bond acceptors (Lipinski definition) is 6. The van der Waals surface area contributed by atoms with Crippen molar-refractivity contribution in [3.05, 3.63) is 64.5 Å². The molecule has 11 heteroatoms. The molecule has 0 saturated heterocycles. The first kappa shape index (κ1) is 20.7. The van der Waals surface area contributed by atoms with Crippen molar-refractivity contribution < 1.29 is 23.8 Å². The number of aromatic nitrogens is 4. The van der Waals surface area contributed by atoms with Gasteiger partial charge < -0.3 is 14.6 Å². The van der Waals surface area contributed by atoms with E-state index < -0.39 is 11.9 Å². The van der Waals surface area contributed by atoms with Crippen LogP contribution >= 0.6 is 11.6 Å². The van der Waals surface area contributed by atoms with Gasteiger partial charge in [-0.05, 0) is 31.2 Å². The molecule has 1 amide bonds. The van der Waals surface area contributed by atoms with Crippen molar-refractivity contribution in [2.45, 2.75) is 19.4 Å². The highest BCUT2D eigenvalue weighted by Crippen LogP contribution is 2.44. The van der Waals surface area contributed by atoms with Crippen molar-refractivity contribution in [2.24, 2.45) is 0 Å². The average molecular weight is 482 g/mol. The van der Waals surface area contributed by atoms with Crippen LogP contribution in [0.4, 0.5) is 15.0 Å². The highest BCUT2D eigenvalue weighted by molar-refractivity contribution is 6.34. The predicted molar refractivity (Wildman–Crippen MR) is 120 cm³/mol. The molecule has 172 valence electrons. The number of anilines is 1. The number of ether oxygens (including phenoxy) is 2. The summed E-state index contributed by atoms with van der Waals surface area (Å²) in [6.45, 7) is 2.03. The molecular formula is C23H17ClFN5O4. The summed E-state index contributed by atoms with van der Waals surface area (Å²) in [6, 6.07) is 6.30. The Balaban J connectivity index is 1.62. The van der Waals surface area contributed by atoms with Crippen molar-refractivity contribution >= 4 is 29.2 Å². The molecule has 0 aliphatic carbocycles. The van der Waals surface area contributed by atoms with E-state index in [1.54, 1.807) is 31.3 Å². The lowest BCUT2D eigenvalue weighted by atomic mass is 9.95. The van der Waals surface area contributed by atoms with E-state index in [-0.39, 0.29) is 36.2 Å². The smallest absolute Gasteiger partial charge is 0.413 e. The molecule has 0 fully saturated rings. The van der Waals surface area contributed by atoms with Crippen molar-refractivity contribution in [2.75, 3.05) is 18.1 Å². The summed E-state index contributed by atoms with van der Waals surface area (Å²) in [5, 5.41) is 18.8. The third kappa shape index (κ3) is 2.98. The van der Waals surface area contributed by atoms with Gasteiger partial charge in [0.15, 0.2) is 17.2 Å². The second kappa shape index (κ2) is 7.56. The maximum atomic E-state index is 15.0. The molecule has 6 rings (SSSR count). The van der Waals surface area contributed by atoms with Gasteiger partial charge >= 0.3 is 6.09 Å². The number of rotatable bonds is 1. The van der Waals surface area contributed by atoms with Crippen LogP contribution in [0, 0.1) is 12.7 Å². The molecule has 0 saturated carbocycles. The number of nitrogens with zero attached hydrogens (tertiary/aromatic N) is 5. The van der Waals surface area contributed by atoms with Crippen molar-refractivity contribution in [3.63, 3.8) is 0 Å². The second-order valence-corrected chi connectivity index (χ2v) is 8.53. The van der Waals surface area contributed by atoms with Crippen molar-refractivity contribution in [1.29, 1.82) is 0 Å². The molecule has 0 radical (unpaired) electrons. The van der Waals surface area contributed by atoms with Crippen LogP contribution in [0.5, 0.6) is 11.5 Å². The molecule has 0 bridgehead atoms. The van der Waals surface area contributed by atoms with E-state index in [1.165, 1.54) is 16.8 Å². The van der Waals surface area contributed by atoms with Crippen LogP contribution in [0.2, 0.25) is 5.02 Å². The Bertz CT molecular complexity index is 1490. The Kier molecular flexibility index (Phi) is 4.59. The lowest BCUT2D eigenvalue weighted by Gasteiger charge is -2.24. The number of aryl methyl sites for hydroxylation is 1. The first-order valence-electron chi connectivity index (χ1n) is 10.5. The van der Waals surface area contributed by atoms with Gasteiger partial charge in [-0.1, -0.05) is 11.6 Å². The van der Waals surface area contributed by atoms with E-state index in [9.17, 15) is 14.3 Å². The molecule has 1 N–H and O–H groups in total. The number of carbonyl (C=O) groups is 1. The number of amides is 1. The van der Waals surface area contributed by atoms with Crippen LogP contribution in [0.15, 0.2) is 36.8 Å². The fourth-order valence-electron chi connectivity index (χ4n) is 4.61. The summed E-state index contributed by atoms with van der Waals surface area (Å²) in [6.07, 6.45) is 1.75. The molecular weight excluding hydrogens is 465 g/mol. The Morgan fingerprint density at radius 2 is 2.00 bits per heavy atom. The molecule has 0 spiro atoms. The number of pyridine rings is 2. The average Bonchev–Trinajstić information content (AvgIpc) is 3.46. The minimum atomic E-state index is -1.28. The van der Waals surface area contributed by atoms with Crippen LogP contribution in [0.25, 0.3) is 16.8 Å². The zero-order valence-electron chi connectivity index (χ0n) is 17.8. The molecule has 1 atom stereocenters. The topological polar surface area (TPSA) is 102 Å². The Morgan fingerprint density at radius 1 is 1.21 bits per heavy atom. The van der Waals surface area contributed by atoms with Gasteiger partial charge in [0.2, 0.25) is 0 Å². The Morgan fingerprint density at radius 3 is 2.79 bits per heavy atom. The molecule has 5 heterocycles. The maximum Gasteiger partial charge on any atom is 0.413 e. The minimum absolute atomic E-state index is 0.167.